The molecule has 36 heavy (non-hydrogen) atoms. The van der Waals surface area contributed by atoms with Crippen LogP contribution in [0.3, 0.4) is 0 Å². The Hall–Kier alpha value is -3.79. The number of fused-ring (bicyclic) bond motifs is 1. The summed E-state index contributed by atoms with van der Waals surface area (Å²) in [6, 6.07) is 8.27. The number of hydrogen-bond donors (Lipinski definition) is 2. The molecule has 2 N–H and O–H groups in total. The van der Waals surface area contributed by atoms with E-state index >= 15 is 0 Å². The van der Waals surface area contributed by atoms with Gasteiger partial charge in [0.15, 0.2) is 11.6 Å². The average molecular weight is 488 g/mol. The number of hydrogen-bond acceptors (Lipinski definition) is 10. The number of nitrogens with one attached hydrogen (secondary N) is 2. The lowest BCUT2D eigenvalue weighted by Gasteiger charge is -2.32. The van der Waals surface area contributed by atoms with Crippen molar-refractivity contribution in [1.82, 2.24) is 30.0 Å². The van der Waals surface area contributed by atoms with E-state index in [0.29, 0.717) is 29.3 Å². The summed E-state index contributed by atoms with van der Waals surface area (Å²) in [6.45, 7) is 12.8. The molecule has 0 spiro atoms. The first-order valence-electron chi connectivity index (χ1n) is 12.2. The third-order valence-corrected chi connectivity index (χ3v) is 6.43. The van der Waals surface area contributed by atoms with Gasteiger partial charge in [-0.15, -0.1) is 0 Å². The van der Waals surface area contributed by atoms with Crippen molar-refractivity contribution in [3.8, 4) is 0 Å². The zero-order valence-electron chi connectivity index (χ0n) is 21.5. The second kappa shape index (κ2) is 9.69. The number of benzene rings is 1. The van der Waals surface area contributed by atoms with Crippen molar-refractivity contribution in [3.63, 3.8) is 0 Å². The number of rotatable bonds is 6. The maximum Gasteiger partial charge on any atom is 0.226 e. The summed E-state index contributed by atoms with van der Waals surface area (Å²) in [5, 5.41) is 11.0. The van der Waals surface area contributed by atoms with Crippen LogP contribution in [0.1, 0.15) is 37.7 Å². The maximum atomic E-state index is 5.48. The average Bonchev–Trinajstić information content (AvgIpc) is 3.35. The van der Waals surface area contributed by atoms with Crippen molar-refractivity contribution in [2.24, 2.45) is 0 Å². The van der Waals surface area contributed by atoms with E-state index in [2.05, 4.69) is 93.5 Å². The predicted octanol–water partition coefficient (Wildman–Crippen LogP) is 4.12. The Bertz CT molecular complexity index is 1350. The zero-order valence-corrected chi connectivity index (χ0v) is 21.5. The zero-order chi connectivity index (χ0) is 25.3. The van der Waals surface area contributed by atoms with Gasteiger partial charge >= 0.3 is 0 Å². The van der Waals surface area contributed by atoms with Crippen molar-refractivity contribution in [1.29, 1.82) is 0 Å². The molecule has 0 amide bonds. The Morgan fingerprint density at radius 2 is 1.83 bits per heavy atom. The first kappa shape index (κ1) is 23.9. The molecule has 10 nitrogen and oxygen atoms in total. The molecule has 0 saturated carbocycles. The summed E-state index contributed by atoms with van der Waals surface area (Å²) in [6.07, 6.45) is 3.32. The molecule has 0 bridgehead atoms. The number of anilines is 4. The fourth-order valence-electron chi connectivity index (χ4n) is 4.04. The van der Waals surface area contributed by atoms with Crippen LogP contribution in [0.2, 0.25) is 0 Å². The first-order chi connectivity index (χ1) is 17.3. The molecule has 3 aromatic heterocycles. The Balaban J connectivity index is 1.35. The molecule has 5 rings (SSSR count). The van der Waals surface area contributed by atoms with Crippen molar-refractivity contribution in [2.75, 3.05) is 48.8 Å². The summed E-state index contributed by atoms with van der Waals surface area (Å²) in [5.74, 6) is 2.96. The van der Waals surface area contributed by atoms with E-state index < -0.39 is 0 Å². The summed E-state index contributed by atoms with van der Waals surface area (Å²) < 4.78 is 5.48. The third-order valence-electron chi connectivity index (χ3n) is 6.43. The topological polar surface area (TPSA) is 108 Å². The van der Waals surface area contributed by atoms with Crippen LogP contribution in [0, 0.1) is 6.92 Å². The largest absolute Gasteiger partial charge is 0.363 e. The minimum atomic E-state index is -0.0814. The second-order valence-electron chi connectivity index (χ2n) is 10.4. The molecule has 0 radical (unpaired) electrons. The van der Waals surface area contributed by atoms with Crippen molar-refractivity contribution in [3.05, 3.63) is 53.7 Å². The number of aromatic nitrogens is 5. The Kier molecular flexibility index (Phi) is 6.44. The molecule has 10 heteroatoms. The minimum absolute atomic E-state index is 0.0814. The van der Waals surface area contributed by atoms with Crippen LogP contribution >= 0.6 is 0 Å². The molecule has 1 aliphatic heterocycles. The monoisotopic (exact) mass is 487 g/mol. The van der Waals surface area contributed by atoms with E-state index in [-0.39, 0.29) is 5.41 Å². The van der Waals surface area contributed by atoms with E-state index in [9.17, 15) is 0 Å². The number of nitrogens with zero attached hydrogens (tertiary/aromatic N) is 7. The van der Waals surface area contributed by atoms with Gasteiger partial charge in [-0.25, -0.2) is 19.9 Å². The van der Waals surface area contributed by atoms with Gasteiger partial charge in [0.05, 0.1) is 6.20 Å². The lowest BCUT2D eigenvalue weighted by Crippen LogP contribution is -2.45. The van der Waals surface area contributed by atoms with Gasteiger partial charge in [-0.2, -0.15) is 0 Å². The quantitative estimate of drug-likeness (QED) is 0.412. The molecular weight excluding hydrogens is 454 g/mol. The highest BCUT2D eigenvalue weighted by molar-refractivity contribution is 5.87. The van der Waals surface area contributed by atoms with E-state index in [1.165, 1.54) is 0 Å². The Morgan fingerprint density at radius 1 is 1.03 bits per heavy atom. The molecule has 4 aromatic rings. The van der Waals surface area contributed by atoms with Crippen LogP contribution < -0.4 is 15.5 Å². The predicted molar refractivity (Wildman–Crippen MR) is 142 cm³/mol. The summed E-state index contributed by atoms with van der Waals surface area (Å²) in [7, 11) is 2.13. The van der Waals surface area contributed by atoms with Gasteiger partial charge in [0.1, 0.15) is 23.1 Å². The number of aryl methyl sites for hydroxylation is 1. The summed E-state index contributed by atoms with van der Waals surface area (Å²) >= 11 is 0. The SMILES string of the molecule is Cc1ccc(CNc2cc(C(C)(C)C)on2)cc1Nc1ncnc2cnc(N3CCN(C)CC3)nc12. The van der Waals surface area contributed by atoms with Gasteiger partial charge in [-0.3, -0.25) is 0 Å². The smallest absolute Gasteiger partial charge is 0.226 e. The van der Waals surface area contributed by atoms with E-state index in [0.717, 1.165) is 54.6 Å². The Morgan fingerprint density at radius 3 is 2.58 bits per heavy atom. The standard InChI is InChI=1S/C26H33N9O/c1-17-6-7-18(14-27-22-13-21(36-33-22)26(2,3)4)12-19(17)31-24-23-20(29-16-30-24)15-28-25(32-23)35-10-8-34(5)9-11-35/h6-7,12-13,15-16H,8-11,14H2,1-5H3,(H,27,33)(H,29,30,31). The van der Waals surface area contributed by atoms with Gasteiger partial charge in [0.25, 0.3) is 0 Å². The van der Waals surface area contributed by atoms with Crippen molar-refractivity contribution >= 4 is 34.3 Å². The fraction of sp³-hybridized carbons (Fsp3) is 0.423. The first-order valence-corrected chi connectivity index (χ1v) is 12.2. The highest BCUT2D eigenvalue weighted by Crippen LogP contribution is 2.27. The van der Waals surface area contributed by atoms with Crippen LogP contribution in [0.4, 0.5) is 23.3 Å². The molecule has 0 atom stereocenters. The molecule has 188 valence electrons. The van der Waals surface area contributed by atoms with E-state index in [1.54, 1.807) is 12.5 Å². The maximum absolute atomic E-state index is 5.48. The highest BCUT2D eigenvalue weighted by atomic mass is 16.5. The van der Waals surface area contributed by atoms with E-state index in [4.69, 9.17) is 9.51 Å². The van der Waals surface area contributed by atoms with Crippen molar-refractivity contribution in [2.45, 2.75) is 39.7 Å². The molecular formula is C26H33N9O. The van der Waals surface area contributed by atoms with Crippen LogP contribution in [0.5, 0.6) is 0 Å². The fourth-order valence-corrected chi connectivity index (χ4v) is 4.04. The number of likely N-dealkylation sites (N-methyl/N-ethyl adjacent to an activating group) is 1. The van der Waals surface area contributed by atoms with Crippen LogP contribution in [0.25, 0.3) is 11.0 Å². The van der Waals surface area contributed by atoms with Gasteiger partial charge in [-0.1, -0.05) is 38.1 Å². The molecule has 1 saturated heterocycles. The highest BCUT2D eigenvalue weighted by Gasteiger charge is 2.20. The Labute approximate surface area is 211 Å². The number of piperazine rings is 1. The van der Waals surface area contributed by atoms with Crippen molar-refractivity contribution < 1.29 is 4.52 Å². The molecule has 0 unspecified atom stereocenters. The summed E-state index contributed by atoms with van der Waals surface area (Å²) in [4.78, 5) is 22.8. The molecule has 4 heterocycles. The molecule has 1 aliphatic rings. The van der Waals surface area contributed by atoms with Gasteiger partial charge in [-0.05, 0) is 31.2 Å². The summed E-state index contributed by atoms with van der Waals surface area (Å²) in [5.41, 5.74) is 4.51. The minimum Gasteiger partial charge on any atom is -0.363 e. The van der Waals surface area contributed by atoms with Gasteiger partial charge in [0, 0.05) is 49.9 Å². The van der Waals surface area contributed by atoms with Crippen LogP contribution in [-0.4, -0.2) is 63.2 Å². The third kappa shape index (κ3) is 5.23. The van der Waals surface area contributed by atoms with Crippen LogP contribution in [-0.2, 0) is 12.0 Å². The molecule has 0 aliphatic carbocycles. The normalized spacial score (nSPS) is 14.9. The van der Waals surface area contributed by atoms with E-state index in [1.807, 2.05) is 6.07 Å². The van der Waals surface area contributed by atoms with Gasteiger partial charge in [0.2, 0.25) is 5.95 Å². The molecule has 1 fully saturated rings. The lowest BCUT2D eigenvalue weighted by molar-refractivity contribution is 0.311. The lowest BCUT2D eigenvalue weighted by atomic mass is 9.93. The van der Waals surface area contributed by atoms with Gasteiger partial charge < -0.3 is 25.0 Å². The molecule has 1 aromatic carbocycles. The van der Waals surface area contributed by atoms with Crippen LogP contribution in [0.15, 0.2) is 41.3 Å². The second-order valence-corrected chi connectivity index (χ2v) is 10.4.